The monoisotopic (exact) mass is 410 g/mol. The van der Waals surface area contributed by atoms with Crippen molar-refractivity contribution in [3.63, 3.8) is 0 Å². The predicted molar refractivity (Wildman–Crippen MR) is 98.0 cm³/mol. The van der Waals surface area contributed by atoms with E-state index in [1.807, 2.05) is 0 Å². The van der Waals surface area contributed by atoms with Crippen LogP contribution >= 0.6 is 0 Å². The number of alkyl halides is 3. The highest BCUT2D eigenvalue weighted by molar-refractivity contribution is 7.89. The fourth-order valence-corrected chi connectivity index (χ4v) is 3.06. The van der Waals surface area contributed by atoms with Crippen molar-refractivity contribution in [2.75, 3.05) is 20.6 Å². The summed E-state index contributed by atoms with van der Waals surface area (Å²) in [6.07, 6.45) is -4.53. The van der Waals surface area contributed by atoms with Gasteiger partial charge in [0.1, 0.15) is 0 Å². The molecular weight excluding hydrogens is 393 g/mol. The zero-order valence-corrected chi connectivity index (χ0v) is 15.9. The Morgan fingerprint density at radius 3 is 2.11 bits per heavy atom. The lowest BCUT2D eigenvalue weighted by molar-refractivity contribution is -0.137. The highest BCUT2D eigenvalue weighted by Gasteiger charge is 2.30. The summed E-state index contributed by atoms with van der Waals surface area (Å²) in [6.45, 7) is -0.221. The molecule has 2 aromatic carbocycles. The van der Waals surface area contributed by atoms with Gasteiger partial charge in [-0.05, 0) is 48.5 Å². The molecule has 0 aliphatic rings. The van der Waals surface area contributed by atoms with E-state index in [1.165, 1.54) is 4.90 Å². The fourth-order valence-electron chi connectivity index (χ4n) is 2.14. The van der Waals surface area contributed by atoms with Crippen LogP contribution in [0.2, 0.25) is 0 Å². The average Bonchev–Trinajstić information content (AvgIpc) is 2.64. The van der Waals surface area contributed by atoms with E-state index in [2.05, 4.69) is 16.6 Å². The third-order valence-electron chi connectivity index (χ3n) is 3.61. The smallest absolute Gasteiger partial charge is 0.345 e. The van der Waals surface area contributed by atoms with Crippen LogP contribution in [0, 0.1) is 11.8 Å². The Bertz CT molecular complexity index is 1000. The van der Waals surface area contributed by atoms with Crippen LogP contribution in [0.1, 0.15) is 21.5 Å². The van der Waals surface area contributed by atoms with Gasteiger partial charge in [0, 0.05) is 25.2 Å². The molecule has 5 nitrogen and oxygen atoms in total. The van der Waals surface area contributed by atoms with Crippen molar-refractivity contribution in [1.82, 2.24) is 9.62 Å². The number of nitrogens with zero attached hydrogens (tertiary/aromatic N) is 1. The zero-order chi connectivity index (χ0) is 20.9. The standard InChI is InChI=1S/C19H17F3N2O3S/c1-24(2)18(25)15-7-5-14(6-8-15)4-3-13-23-28(26,27)17-11-9-16(10-12-17)19(20,21)22/h5-12,23H,13H2,1-2H3. The van der Waals surface area contributed by atoms with Crippen LogP contribution in [-0.2, 0) is 16.2 Å². The van der Waals surface area contributed by atoms with Crippen LogP contribution in [0.25, 0.3) is 0 Å². The summed E-state index contributed by atoms with van der Waals surface area (Å²) in [5, 5.41) is 0. The van der Waals surface area contributed by atoms with Gasteiger partial charge in [-0.15, -0.1) is 0 Å². The molecule has 9 heteroatoms. The van der Waals surface area contributed by atoms with Crippen LogP contribution in [0.3, 0.4) is 0 Å². The molecule has 0 unspecified atom stereocenters. The zero-order valence-electron chi connectivity index (χ0n) is 15.0. The van der Waals surface area contributed by atoms with Crippen molar-refractivity contribution < 1.29 is 26.4 Å². The molecule has 0 spiro atoms. The van der Waals surface area contributed by atoms with Gasteiger partial charge in [-0.1, -0.05) is 11.8 Å². The van der Waals surface area contributed by atoms with Gasteiger partial charge in [0.05, 0.1) is 17.0 Å². The minimum absolute atomic E-state index is 0.149. The second-order valence-corrected chi connectivity index (χ2v) is 7.69. The molecule has 1 amide bonds. The fraction of sp³-hybridized carbons (Fsp3) is 0.211. The summed E-state index contributed by atoms with van der Waals surface area (Å²) in [5.74, 6) is 5.21. The molecule has 148 valence electrons. The van der Waals surface area contributed by atoms with E-state index in [1.54, 1.807) is 38.4 Å². The van der Waals surface area contributed by atoms with Crippen molar-refractivity contribution >= 4 is 15.9 Å². The summed E-state index contributed by atoms with van der Waals surface area (Å²) in [4.78, 5) is 12.9. The van der Waals surface area contributed by atoms with Crippen molar-refractivity contribution in [2.45, 2.75) is 11.1 Å². The van der Waals surface area contributed by atoms with Gasteiger partial charge in [-0.2, -0.15) is 17.9 Å². The van der Waals surface area contributed by atoms with Gasteiger partial charge < -0.3 is 4.90 Å². The van der Waals surface area contributed by atoms with Crippen LogP contribution in [0.15, 0.2) is 53.4 Å². The summed E-state index contributed by atoms with van der Waals surface area (Å²) >= 11 is 0. The van der Waals surface area contributed by atoms with Gasteiger partial charge in [0.25, 0.3) is 5.91 Å². The van der Waals surface area contributed by atoms with E-state index in [-0.39, 0.29) is 17.3 Å². The lowest BCUT2D eigenvalue weighted by Crippen LogP contribution is -2.24. The normalized spacial score (nSPS) is 11.5. The number of benzene rings is 2. The number of hydrogen-bond donors (Lipinski definition) is 1. The Labute approximate surface area is 161 Å². The molecule has 2 aromatic rings. The highest BCUT2D eigenvalue weighted by Crippen LogP contribution is 2.29. The molecule has 1 N–H and O–H groups in total. The summed E-state index contributed by atoms with van der Waals surface area (Å²) in [5.41, 5.74) is 0.157. The maximum Gasteiger partial charge on any atom is 0.416 e. The number of carbonyl (C=O) groups excluding carboxylic acids is 1. The topological polar surface area (TPSA) is 66.5 Å². The molecule has 2 rings (SSSR count). The molecule has 0 radical (unpaired) electrons. The first-order valence-corrected chi connectivity index (χ1v) is 9.46. The Balaban J connectivity index is 2.00. The van der Waals surface area contributed by atoms with Crippen molar-refractivity contribution in [3.05, 3.63) is 65.2 Å². The molecule has 0 bridgehead atoms. The number of carbonyl (C=O) groups is 1. The first kappa shape index (κ1) is 21.5. The Hall–Kier alpha value is -2.83. The summed E-state index contributed by atoms with van der Waals surface area (Å²) in [7, 11) is -0.699. The van der Waals surface area contributed by atoms with Crippen LogP contribution in [-0.4, -0.2) is 39.9 Å². The van der Waals surface area contributed by atoms with Gasteiger partial charge >= 0.3 is 6.18 Å². The third-order valence-corrected chi connectivity index (χ3v) is 5.03. The van der Waals surface area contributed by atoms with E-state index in [4.69, 9.17) is 0 Å². The molecule has 0 saturated carbocycles. The molecule has 0 saturated heterocycles. The van der Waals surface area contributed by atoms with E-state index in [9.17, 15) is 26.4 Å². The van der Waals surface area contributed by atoms with E-state index in [0.29, 0.717) is 23.3 Å². The van der Waals surface area contributed by atoms with Gasteiger partial charge in [-0.3, -0.25) is 4.79 Å². The number of halogens is 3. The second kappa shape index (κ2) is 8.46. The Morgan fingerprint density at radius 1 is 1.04 bits per heavy atom. The lowest BCUT2D eigenvalue weighted by Gasteiger charge is -2.09. The second-order valence-electron chi connectivity index (χ2n) is 5.93. The summed E-state index contributed by atoms with van der Waals surface area (Å²) in [6, 6.07) is 9.67. The Kier molecular flexibility index (Phi) is 6.48. The van der Waals surface area contributed by atoms with Crippen molar-refractivity contribution in [2.24, 2.45) is 0 Å². The number of nitrogens with one attached hydrogen (secondary N) is 1. The van der Waals surface area contributed by atoms with Crippen molar-refractivity contribution in [3.8, 4) is 11.8 Å². The summed E-state index contributed by atoms with van der Waals surface area (Å²) < 4.78 is 64.0. The van der Waals surface area contributed by atoms with E-state index in [0.717, 1.165) is 12.1 Å². The SMILES string of the molecule is CN(C)C(=O)c1ccc(C#CCNS(=O)(=O)c2ccc(C(F)(F)F)cc2)cc1. The molecule has 0 heterocycles. The molecule has 0 aliphatic heterocycles. The quantitative estimate of drug-likeness (QED) is 0.789. The molecule has 0 fully saturated rings. The Morgan fingerprint density at radius 2 is 1.61 bits per heavy atom. The van der Waals surface area contributed by atoms with Crippen LogP contribution < -0.4 is 4.72 Å². The first-order valence-electron chi connectivity index (χ1n) is 7.98. The number of hydrogen-bond acceptors (Lipinski definition) is 3. The molecule has 0 atom stereocenters. The molecule has 0 aromatic heterocycles. The largest absolute Gasteiger partial charge is 0.416 e. The van der Waals surface area contributed by atoms with Gasteiger partial charge in [-0.25, -0.2) is 8.42 Å². The number of rotatable bonds is 4. The van der Waals surface area contributed by atoms with E-state index >= 15 is 0 Å². The van der Waals surface area contributed by atoms with E-state index < -0.39 is 21.8 Å². The first-order chi connectivity index (χ1) is 13.0. The maximum absolute atomic E-state index is 12.5. The van der Waals surface area contributed by atoms with Gasteiger partial charge in [0.2, 0.25) is 10.0 Å². The van der Waals surface area contributed by atoms with Gasteiger partial charge in [0.15, 0.2) is 0 Å². The lowest BCUT2D eigenvalue weighted by atomic mass is 10.1. The molecule has 28 heavy (non-hydrogen) atoms. The predicted octanol–water partition coefficient (Wildman–Crippen LogP) is 2.74. The minimum Gasteiger partial charge on any atom is -0.345 e. The molecule has 0 aliphatic carbocycles. The van der Waals surface area contributed by atoms with Crippen molar-refractivity contribution in [1.29, 1.82) is 0 Å². The average molecular weight is 410 g/mol. The number of sulfonamides is 1. The van der Waals surface area contributed by atoms with Crippen LogP contribution in [0.4, 0.5) is 13.2 Å². The van der Waals surface area contributed by atoms with Crippen LogP contribution in [0.5, 0.6) is 0 Å². The highest BCUT2D eigenvalue weighted by atomic mass is 32.2. The minimum atomic E-state index is -4.53. The third kappa shape index (κ3) is 5.58. The number of amides is 1. The maximum atomic E-state index is 12.5. The molecular formula is C19H17F3N2O3S.